The highest BCUT2D eigenvalue weighted by molar-refractivity contribution is 5.97. The van der Waals surface area contributed by atoms with E-state index in [1.807, 2.05) is 24.4 Å². The lowest BCUT2D eigenvalue weighted by Gasteiger charge is -2.32. The van der Waals surface area contributed by atoms with Crippen molar-refractivity contribution in [3.8, 4) is 11.4 Å². The third-order valence-corrected chi connectivity index (χ3v) is 5.89. The molecule has 8 nitrogen and oxygen atoms in total. The van der Waals surface area contributed by atoms with E-state index in [1.54, 1.807) is 7.05 Å². The van der Waals surface area contributed by atoms with E-state index >= 15 is 0 Å². The monoisotopic (exact) mass is 451 g/mol. The first kappa shape index (κ1) is 23.2. The molecule has 1 aromatic carbocycles. The van der Waals surface area contributed by atoms with Gasteiger partial charge in [-0.3, -0.25) is 4.79 Å². The van der Waals surface area contributed by atoms with Crippen LogP contribution in [-0.2, 0) is 16.0 Å². The van der Waals surface area contributed by atoms with Gasteiger partial charge in [0.25, 0.3) is 5.91 Å². The normalized spacial score (nSPS) is 16.5. The van der Waals surface area contributed by atoms with Crippen LogP contribution in [0.1, 0.15) is 38.1 Å². The summed E-state index contributed by atoms with van der Waals surface area (Å²) in [6.07, 6.45) is 1.82. The van der Waals surface area contributed by atoms with E-state index < -0.39 is 0 Å². The molecule has 2 aromatic heterocycles. The van der Waals surface area contributed by atoms with Gasteiger partial charge in [0.2, 0.25) is 0 Å². The van der Waals surface area contributed by atoms with Crippen LogP contribution in [0.15, 0.2) is 36.5 Å². The minimum absolute atomic E-state index is 0.0573. The first-order valence-corrected chi connectivity index (χ1v) is 11.6. The molecule has 1 N–H and O–H groups in total. The smallest absolute Gasteiger partial charge is 0.251 e. The lowest BCUT2D eigenvalue weighted by Crippen LogP contribution is -2.37. The number of fused-ring (bicyclic) bond motifs is 1. The quantitative estimate of drug-likeness (QED) is 0.592. The van der Waals surface area contributed by atoms with Crippen LogP contribution in [0.3, 0.4) is 0 Å². The lowest BCUT2D eigenvalue weighted by molar-refractivity contribution is -0.0931. The molecule has 0 bridgehead atoms. The fourth-order valence-corrected chi connectivity index (χ4v) is 4.46. The summed E-state index contributed by atoms with van der Waals surface area (Å²) in [4.78, 5) is 24.1. The molecule has 1 aliphatic heterocycles. The molecule has 0 aliphatic carbocycles. The molecule has 8 heteroatoms. The molecule has 1 saturated heterocycles. The van der Waals surface area contributed by atoms with Crippen molar-refractivity contribution < 1.29 is 14.3 Å². The second-order valence-electron chi connectivity index (χ2n) is 8.90. The van der Waals surface area contributed by atoms with Crippen molar-refractivity contribution in [1.82, 2.24) is 19.9 Å². The minimum Gasteiger partial charge on any atom is -0.376 e. The second-order valence-corrected chi connectivity index (χ2v) is 8.90. The van der Waals surface area contributed by atoms with Gasteiger partial charge in [0.15, 0.2) is 0 Å². The van der Waals surface area contributed by atoms with Gasteiger partial charge in [-0.15, -0.1) is 0 Å². The van der Waals surface area contributed by atoms with E-state index in [-0.39, 0.29) is 12.0 Å². The van der Waals surface area contributed by atoms with Crippen molar-refractivity contribution >= 4 is 22.8 Å². The van der Waals surface area contributed by atoms with Crippen LogP contribution in [0.2, 0.25) is 0 Å². The molecule has 1 fully saturated rings. The zero-order chi connectivity index (χ0) is 23.5. The number of ether oxygens (including phenoxy) is 2. The number of anilines is 1. The number of hydrogen-bond acceptors (Lipinski definition) is 6. The molecule has 176 valence electrons. The lowest BCUT2D eigenvalue weighted by atomic mass is 10.2. The predicted octanol–water partition coefficient (Wildman–Crippen LogP) is 3.50. The van der Waals surface area contributed by atoms with Crippen molar-refractivity contribution in [1.29, 1.82) is 0 Å². The van der Waals surface area contributed by atoms with Crippen LogP contribution in [0, 0.1) is 0 Å². The SMILES string of the molecule is CNC(=O)c1ccc2c(c1)nc(-c1ccc(N(C(C)C)C(C)C)nc1)n2C[C@@H]1COCCO1. The average molecular weight is 452 g/mol. The summed E-state index contributed by atoms with van der Waals surface area (Å²) < 4.78 is 13.7. The molecule has 0 saturated carbocycles. The topological polar surface area (TPSA) is 81.5 Å². The number of carbonyl (C=O) groups is 1. The molecule has 4 rings (SSSR count). The van der Waals surface area contributed by atoms with Crippen LogP contribution < -0.4 is 10.2 Å². The van der Waals surface area contributed by atoms with Gasteiger partial charge in [-0.2, -0.15) is 0 Å². The van der Waals surface area contributed by atoms with Crippen molar-refractivity contribution in [2.75, 3.05) is 31.8 Å². The standard InChI is InChI=1S/C25H33N5O3/c1-16(2)30(17(3)4)23-9-7-19(13-27-23)24-28-21-12-18(25(31)26-5)6-8-22(21)29(24)14-20-15-32-10-11-33-20/h6-9,12-13,16-17,20H,10-11,14-15H2,1-5H3,(H,26,31)/t20-/m1/s1. The number of rotatable bonds is 7. The number of aromatic nitrogens is 3. The van der Waals surface area contributed by atoms with E-state index in [2.05, 4.69) is 54.6 Å². The maximum Gasteiger partial charge on any atom is 0.251 e. The van der Waals surface area contributed by atoms with Gasteiger partial charge in [-0.1, -0.05) is 0 Å². The summed E-state index contributed by atoms with van der Waals surface area (Å²) in [5, 5.41) is 2.67. The van der Waals surface area contributed by atoms with E-state index in [9.17, 15) is 4.79 Å². The number of carbonyl (C=O) groups excluding carboxylic acids is 1. The zero-order valence-corrected chi connectivity index (χ0v) is 20.0. The Morgan fingerprint density at radius 3 is 2.58 bits per heavy atom. The van der Waals surface area contributed by atoms with Gasteiger partial charge in [-0.05, 0) is 58.0 Å². The van der Waals surface area contributed by atoms with Gasteiger partial charge >= 0.3 is 0 Å². The number of nitrogens with one attached hydrogen (secondary N) is 1. The third kappa shape index (κ3) is 4.86. The largest absolute Gasteiger partial charge is 0.376 e. The number of amides is 1. The molecule has 3 aromatic rings. The van der Waals surface area contributed by atoms with E-state index in [1.165, 1.54) is 0 Å². The number of benzene rings is 1. The molecule has 33 heavy (non-hydrogen) atoms. The van der Waals surface area contributed by atoms with Crippen LogP contribution >= 0.6 is 0 Å². The number of nitrogens with zero attached hydrogens (tertiary/aromatic N) is 4. The summed E-state index contributed by atoms with van der Waals surface area (Å²) in [6, 6.07) is 10.4. The predicted molar refractivity (Wildman–Crippen MR) is 130 cm³/mol. The Balaban J connectivity index is 1.76. The Labute approximate surface area is 194 Å². The summed E-state index contributed by atoms with van der Waals surface area (Å²) in [7, 11) is 1.63. The summed E-state index contributed by atoms with van der Waals surface area (Å²) in [5.41, 5.74) is 3.21. The van der Waals surface area contributed by atoms with E-state index in [0.29, 0.717) is 44.0 Å². The highest BCUT2D eigenvalue weighted by Gasteiger charge is 2.22. The molecule has 0 spiro atoms. The molecule has 1 aliphatic rings. The van der Waals surface area contributed by atoms with Gasteiger partial charge in [-0.25, -0.2) is 9.97 Å². The maximum atomic E-state index is 12.2. The van der Waals surface area contributed by atoms with Gasteiger partial charge in [0.1, 0.15) is 11.6 Å². The molecular formula is C25H33N5O3. The Morgan fingerprint density at radius 2 is 1.97 bits per heavy atom. The molecule has 1 amide bonds. The minimum atomic E-state index is -0.134. The first-order valence-electron chi connectivity index (χ1n) is 11.6. The Kier molecular flexibility index (Phi) is 6.95. The van der Waals surface area contributed by atoms with Crippen molar-refractivity contribution in [2.24, 2.45) is 0 Å². The fourth-order valence-electron chi connectivity index (χ4n) is 4.46. The molecule has 3 heterocycles. The number of imidazole rings is 1. The number of pyridine rings is 1. The fraction of sp³-hybridized carbons (Fsp3) is 0.480. The molecular weight excluding hydrogens is 418 g/mol. The third-order valence-electron chi connectivity index (χ3n) is 5.89. The van der Waals surface area contributed by atoms with Crippen LogP contribution in [0.4, 0.5) is 5.82 Å². The van der Waals surface area contributed by atoms with Crippen LogP contribution in [-0.4, -0.2) is 65.5 Å². The summed E-state index contributed by atoms with van der Waals surface area (Å²) in [5.74, 6) is 1.61. The summed E-state index contributed by atoms with van der Waals surface area (Å²) >= 11 is 0. The highest BCUT2D eigenvalue weighted by atomic mass is 16.6. The highest BCUT2D eigenvalue weighted by Crippen LogP contribution is 2.28. The maximum absolute atomic E-state index is 12.2. The zero-order valence-electron chi connectivity index (χ0n) is 20.0. The van der Waals surface area contributed by atoms with Crippen LogP contribution in [0.25, 0.3) is 22.4 Å². The van der Waals surface area contributed by atoms with Crippen molar-refractivity contribution in [3.05, 3.63) is 42.1 Å². The molecule has 1 atom stereocenters. The van der Waals surface area contributed by atoms with E-state index in [4.69, 9.17) is 19.4 Å². The Bertz CT molecular complexity index is 1090. The van der Waals surface area contributed by atoms with Crippen molar-refractivity contribution in [2.45, 2.75) is 52.4 Å². The average Bonchev–Trinajstić information content (AvgIpc) is 3.16. The van der Waals surface area contributed by atoms with Crippen LogP contribution in [0.5, 0.6) is 0 Å². The molecule has 0 radical (unpaired) electrons. The first-order chi connectivity index (χ1) is 15.9. The van der Waals surface area contributed by atoms with Crippen molar-refractivity contribution in [3.63, 3.8) is 0 Å². The summed E-state index contributed by atoms with van der Waals surface area (Å²) in [6.45, 7) is 11.1. The second kappa shape index (κ2) is 9.89. The van der Waals surface area contributed by atoms with Gasteiger partial charge in [0, 0.05) is 36.5 Å². The molecule has 0 unspecified atom stereocenters. The van der Waals surface area contributed by atoms with Gasteiger partial charge < -0.3 is 24.3 Å². The Hall–Kier alpha value is -2.97. The van der Waals surface area contributed by atoms with E-state index in [0.717, 1.165) is 28.2 Å². The van der Waals surface area contributed by atoms with Gasteiger partial charge in [0.05, 0.1) is 43.5 Å². The number of hydrogen-bond donors (Lipinski definition) is 1. The Morgan fingerprint density at radius 1 is 1.18 bits per heavy atom.